The number of para-hydroxylation sites is 1. The monoisotopic (exact) mass is 453 g/mol. The zero-order valence-electron chi connectivity index (χ0n) is 17.0. The highest BCUT2D eigenvalue weighted by atomic mass is 32.2. The average Bonchev–Trinajstić information content (AvgIpc) is 3.40. The fraction of sp³-hybridized carbons (Fsp3) is 0.273. The maximum Gasteiger partial charge on any atom is 0.327 e. The predicted octanol–water partition coefficient (Wildman–Crippen LogP) is 2.50. The van der Waals surface area contributed by atoms with Crippen molar-refractivity contribution in [2.24, 2.45) is 0 Å². The van der Waals surface area contributed by atoms with Crippen molar-refractivity contribution in [3.8, 4) is 0 Å². The van der Waals surface area contributed by atoms with Crippen LogP contribution in [0.2, 0.25) is 0 Å². The lowest BCUT2D eigenvalue weighted by Crippen LogP contribution is -2.50. The van der Waals surface area contributed by atoms with Crippen LogP contribution >= 0.6 is 11.8 Å². The fourth-order valence-corrected chi connectivity index (χ4v) is 5.62. The van der Waals surface area contributed by atoms with Gasteiger partial charge in [0.2, 0.25) is 11.8 Å². The first-order valence-corrected chi connectivity index (χ1v) is 11.1. The van der Waals surface area contributed by atoms with E-state index >= 15 is 0 Å². The van der Waals surface area contributed by atoms with Gasteiger partial charge in [-0.05, 0) is 30.7 Å². The molecule has 2 N–H and O–H groups in total. The van der Waals surface area contributed by atoms with Crippen LogP contribution in [-0.2, 0) is 9.59 Å². The zero-order chi connectivity index (χ0) is 22.4. The molecule has 3 aliphatic rings. The normalized spacial score (nSPS) is 23.5. The number of carbonyl (C=O) groups excluding carboxylic acids is 3. The van der Waals surface area contributed by atoms with Crippen molar-refractivity contribution in [3.63, 3.8) is 0 Å². The lowest BCUT2D eigenvalue weighted by molar-refractivity contribution is -0.126. The van der Waals surface area contributed by atoms with Gasteiger partial charge in [-0.15, -0.1) is 0 Å². The number of nitrogens with one attached hydrogen (secondary N) is 2. The second-order valence-corrected chi connectivity index (χ2v) is 8.91. The second kappa shape index (κ2) is 7.94. The van der Waals surface area contributed by atoms with Crippen molar-refractivity contribution in [2.45, 2.75) is 28.8 Å². The molecule has 1 aromatic carbocycles. The van der Waals surface area contributed by atoms with E-state index in [0.717, 1.165) is 0 Å². The predicted molar refractivity (Wildman–Crippen MR) is 117 cm³/mol. The highest BCUT2D eigenvalue weighted by Crippen LogP contribution is 2.50. The van der Waals surface area contributed by atoms with Gasteiger partial charge >= 0.3 is 6.03 Å². The SMILES string of the molecule is C=CC(=O)N1CCC(NC(=O)[C@@H]2Sc3nccc4c3C2NC(=O)N4c2ccccc2F)C1. The van der Waals surface area contributed by atoms with Crippen LogP contribution in [-0.4, -0.2) is 52.1 Å². The molecule has 8 nitrogen and oxygen atoms in total. The van der Waals surface area contributed by atoms with Crippen LogP contribution in [0.3, 0.4) is 0 Å². The van der Waals surface area contributed by atoms with Crippen molar-refractivity contribution in [2.75, 3.05) is 18.0 Å². The summed E-state index contributed by atoms with van der Waals surface area (Å²) in [6.45, 7) is 4.47. The van der Waals surface area contributed by atoms with E-state index in [4.69, 9.17) is 0 Å². The Kier molecular flexibility index (Phi) is 5.09. The fourth-order valence-electron chi connectivity index (χ4n) is 4.39. The molecular weight excluding hydrogens is 433 g/mol. The minimum Gasteiger partial charge on any atom is -0.350 e. The third kappa shape index (κ3) is 3.31. The first kappa shape index (κ1) is 20.5. The Morgan fingerprint density at radius 2 is 2.09 bits per heavy atom. The molecule has 0 saturated carbocycles. The summed E-state index contributed by atoms with van der Waals surface area (Å²) in [7, 11) is 0. The van der Waals surface area contributed by atoms with E-state index < -0.39 is 23.1 Å². The van der Waals surface area contributed by atoms with Crippen LogP contribution in [0.5, 0.6) is 0 Å². The average molecular weight is 453 g/mol. The van der Waals surface area contributed by atoms with Gasteiger partial charge < -0.3 is 15.5 Å². The Bertz CT molecular complexity index is 1140. The molecule has 1 aromatic heterocycles. The van der Waals surface area contributed by atoms with E-state index in [1.165, 1.54) is 34.9 Å². The Labute approximate surface area is 187 Å². The van der Waals surface area contributed by atoms with Crippen LogP contribution in [0.25, 0.3) is 0 Å². The van der Waals surface area contributed by atoms with Gasteiger partial charge in [0, 0.05) is 30.9 Å². The first-order chi connectivity index (χ1) is 15.5. The molecule has 2 aromatic rings. The highest BCUT2D eigenvalue weighted by Gasteiger charge is 2.47. The molecule has 32 heavy (non-hydrogen) atoms. The quantitative estimate of drug-likeness (QED) is 0.694. The Morgan fingerprint density at radius 3 is 2.88 bits per heavy atom. The standard InChI is InChI=1S/C22H20FN5O3S/c1-2-16(29)27-10-8-12(11-27)25-20(30)19-18-17-15(7-9-24-21(17)32-19)28(22(31)26-18)14-6-4-3-5-13(14)23/h2-7,9,12,18-19H,1,8,10-11H2,(H,25,30)(H,26,31)/t12?,18?,19-/m1/s1. The van der Waals surface area contributed by atoms with Gasteiger partial charge in [0.1, 0.15) is 16.1 Å². The topological polar surface area (TPSA) is 94.6 Å². The van der Waals surface area contributed by atoms with Gasteiger partial charge in [-0.2, -0.15) is 0 Å². The molecule has 3 aliphatic heterocycles. The van der Waals surface area contributed by atoms with Crippen molar-refractivity contribution in [3.05, 3.63) is 60.6 Å². The molecule has 0 bridgehead atoms. The number of anilines is 2. The van der Waals surface area contributed by atoms with Gasteiger partial charge in [-0.1, -0.05) is 30.5 Å². The first-order valence-electron chi connectivity index (χ1n) is 10.2. The molecular formula is C22H20FN5O3S. The van der Waals surface area contributed by atoms with Gasteiger partial charge in [0.25, 0.3) is 0 Å². The van der Waals surface area contributed by atoms with Gasteiger partial charge in [0.05, 0.1) is 17.4 Å². The number of likely N-dealkylation sites (tertiary alicyclic amines) is 1. The number of carbonyl (C=O) groups is 3. The van der Waals surface area contributed by atoms with E-state index in [1.54, 1.807) is 29.3 Å². The number of thioether (sulfide) groups is 1. The molecule has 4 heterocycles. The van der Waals surface area contributed by atoms with Crippen molar-refractivity contribution in [1.29, 1.82) is 0 Å². The van der Waals surface area contributed by atoms with Crippen molar-refractivity contribution < 1.29 is 18.8 Å². The third-order valence-corrected chi connectivity index (χ3v) is 7.17. The number of amides is 4. The van der Waals surface area contributed by atoms with E-state index in [9.17, 15) is 18.8 Å². The summed E-state index contributed by atoms with van der Waals surface area (Å²) < 4.78 is 14.5. The molecule has 3 atom stereocenters. The molecule has 2 unspecified atom stereocenters. The number of aromatic nitrogens is 1. The van der Waals surface area contributed by atoms with E-state index in [0.29, 0.717) is 35.8 Å². The summed E-state index contributed by atoms with van der Waals surface area (Å²) in [6.07, 6.45) is 3.47. The molecule has 1 fully saturated rings. The summed E-state index contributed by atoms with van der Waals surface area (Å²) in [6, 6.07) is 6.45. The van der Waals surface area contributed by atoms with Gasteiger partial charge in [-0.25, -0.2) is 14.2 Å². The number of hydrogen-bond acceptors (Lipinski definition) is 5. The van der Waals surface area contributed by atoms with Crippen LogP contribution in [0.4, 0.5) is 20.6 Å². The number of hydrogen-bond donors (Lipinski definition) is 2. The summed E-state index contributed by atoms with van der Waals surface area (Å²) in [4.78, 5) is 45.2. The van der Waals surface area contributed by atoms with Gasteiger partial charge in [0.15, 0.2) is 0 Å². The number of rotatable bonds is 4. The molecule has 4 amide bonds. The van der Waals surface area contributed by atoms with Crippen molar-refractivity contribution >= 4 is 41.0 Å². The maximum absolute atomic E-state index is 14.5. The molecule has 5 rings (SSSR count). The van der Waals surface area contributed by atoms with Crippen molar-refractivity contribution in [1.82, 2.24) is 20.5 Å². The minimum atomic E-state index is -0.616. The molecule has 0 radical (unpaired) electrons. The number of urea groups is 1. The summed E-state index contributed by atoms with van der Waals surface area (Å²) in [5.41, 5.74) is 1.35. The Morgan fingerprint density at radius 1 is 1.28 bits per heavy atom. The summed E-state index contributed by atoms with van der Waals surface area (Å²) in [5.74, 6) is -0.918. The van der Waals surface area contributed by atoms with Crippen LogP contribution < -0.4 is 15.5 Å². The lowest BCUT2D eigenvalue weighted by atomic mass is 9.99. The summed E-state index contributed by atoms with van der Waals surface area (Å²) >= 11 is 1.27. The third-order valence-electron chi connectivity index (χ3n) is 5.88. The number of pyridine rings is 1. The summed E-state index contributed by atoms with van der Waals surface area (Å²) in [5, 5.41) is 5.87. The van der Waals surface area contributed by atoms with Gasteiger partial charge in [-0.3, -0.25) is 14.5 Å². The molecule has 164 valence electrons. The lowest BCUT2D eigenvalue weighted by Gasteiger charge is -2.34. The van der Waals surface area contributed by atoms with Crippen LogP contribution in [0.1, 0.15) is 18.0 Å². The van der Waals surface area contributed by atoms with E-state index in [1.807, 2.05) is 0 Å². The van der Waals surface area contributed by atoms with Crippen LogP contribution in [0.15, 0.2) is 54.2 Å². The van der Waals surface area contributed by atoms with E-state index in [2.05, 4.69) is 22.2 Å². The smallest absolute Gasteiger partial charge is 0.327 e. The highest BCUT2D eigenvalue weighted by molar-refractivity contribution is 8.01. The molecule has 1 saturated heterocycles. The number of benzene rings is 1. The second-order valence-electron chi connectivity index (χ2n) is 7.78. The Hall–Kier alpha value is -3.40. The minimum absolute atomic E-state index is 0.132. The largest absolute Gasteiger partial charge is 0.350 e. The van der Waals surface area contributed by atoms with E-state index in [-0.39, 0.29) is 23.5 Å². The number of halogens is 1. The number of nitrogens with zero attached hydrogens (tertiary/aromatic N) is 3. The molecule has 0 aliphatic carbocycles. The van der Waals surface area contributed by atoms with Crippen LogP contribution in [0, 0.1) is 5.82 Å². The molecule has 0 spiro atoms. The maximum atomic E-state index is 14.5. The Balaban J connectivity index is 1.40. The zero-order valence-corrected chi connectivity index (χ0v) is 17.8. The molecule has 10 heteroatoms.